The van der Waals surface area contributed by atoms with Crippen molar-refractivity contribution in [3.63, 3.8) is 0 Å². The van der Waals surface area contributed by atoms with Crippen LogP contribution < -0.4 is 5.32 Å². The van der Waals surface area contributed by atoms with Crippen LogP contribution in [0, 0.1) is 0 Å². The van der Waals surface area contributed by atoms with Crippen molar-refractivity contribution < 1.29 is 14.7 Å². The van der Waals surface area contributed by atoms with E-state index < -0.39 is 12.0 Å². The molecule has 0 aliphatic carbocycles. The van der Waals surface area contributed by atoms with Crippen LogP contribution in [-0.4, -0.2) is 28.0 Å². The van der Waals surface area contributed by atoms with Gasteiger partial charge in [0.25, 0.3) is 0 Å². The number of aromatic nitrogens is 1. The third-order valence-electron chi connectivity index (χ3n) is 2.15. The summed E-state index contributed by atoms with van der Waals surface area (Å²) in [4.78, 5) is 25.5. The molecule has 0 bridgehead atoms. The molecular formula is C11H14N2O3. The number of nitrogens with zero attached hydrogens (tertiary/aromatic N) is 1. The molecule has 0 radical (unpaired) electrons. The van der Waals surface area contributed by atoms with Crippen molar-refractivity contribution in [1.29, 1.82) is 0 Å². The lowest BCUT2D eigenvalue weighted by atomic mass is 10.1. The molecule has 1 rings (SSSR count). The zero-order valence-electron chi connectivity index (χ0n) is 9.01. The highest BCUT2D eigenvalue weighted by atomic mass is 16.4. The van der Waals surface area contributed by atoms with E-state index in [9.17, 15) is 9.59 Å². The zero-order valence-corrected chi connectivity index (χ0v) is 9.01. The second kappa shape index (κ2) is 5.85. The van der Waals surface area contributed by atoms with Gasteiger partial charge in [0.05, 0.1) is 0 Å². The Balaban J connectivity index is 2.50. The summed E-state index contributed by atoms with van der Waals surface area (Å²) in [5.41, 5.74) is 1.01. The number of hydrogen-bond acceptors (Lipinski definition) is 3. The van der Waals surface area contributed by atoms with E-state index >= 15 is 0 Å². The van der Waals surface area contributed by atoms with Crippen LogP contribution in [0.2, 0.25) is 0 Å². The van der Waals surface area contributed by atoms with Gasteiger partial charge in [-0.15, -0.1) is 0 Å². The third-order valence-corrected chi connectivity index (χ3v) is 2.15. The number of nitrogens with one attached hydrogen (secondary N) is 1. The van der Waals surface area contributed by atoms with Crippen molar-refractivity contribution in [2.24, 2.45) is 0 Å². The number of hydrogen-bond donors (Lipinski definition) is 2. The smallest absolute Gasteiger partial charge is 0.326 e. The summed E-state index contributed by atoms with van der Waals surface area (Å²) in [6.07, 6.45) is 4.28. The predicted octanol–water partition coefficient (Wildman–Crippen LogP) is 0.603. The Hall–Kier alpha value is -1.91. The van der Waals surface area contributed by atoms with Gasteiger partial charge in [0.2, 0.25) is 5.91 Å². The van der Waals surface area contributed by atoms with Crippen LogP contribution >= 0.6 is 0 Å². The number of rotatable bonds is 5. The van der Waals surface area contributed by atoms with E-state index in [0.717, 1.165) is 5.56 Å². The summed E-state index contributed by atoms with van der Waals surface area (Å²) in [6.45, 7) is 1.31. The van der Waals surface area contributed by atoms with E-state index in [-0.39, 0.29) is 5.91 Å². The number of amides is 1. The number of pyridine rings is 1. The molecule has 1 unspecified atom stereocenters. The maximum Gasteiger partial charge on any atom is 0.326 e. The minimum Gasteiger partial charge on any atom is -0.480 e. The predicted molar refractivity (Wildman–Crippen MR) is 57.8 cm³/mol. The average Bonchev–Trinajstić information content (AvgIpc) is 2.25. The highest BCUT2D eigenvalue weighted by Gasteiger charge is 2.17. The molecule has 86 valence electrons. The topological polar surface area (TPSA) is 79.3 Å². The van der Waals surface area contributed by atoms with Crippen LogP contribution in [0.1, 0.15) is 18.9 Å². The van der Waals surface area contributed by atoms with Crippen molar-refractivity contribution >= 4 is 11.9 Å². The summed E-state index contributed by atoms with van der Waals surface area (Å²) in [7, 11) is 0. The van der Waals surface area contributed by atoms with Crippen LogP contribution in [0.25, 0.3) is 0 Å². The molecular weight excluding hydrogens is 208 g/mol. The first-order valence-corrected chi connectivity index (χ1v) is 4.98. The van der Waals surface area contributed by atoms with Crippen LogP contribution in [0.3, 0.4) is 0 Å². The first kappa shape index (κ1) is 12.2. The summed E-state index contributed by atoms with van der Waals surface area (Å²) >= 11 is 0. The van der Waals surface area contributed by atoms with E-state index in [2.05, 4.69) is 10.3 Å². The second-order valence-electron chi connectivity index (χ2n) is 3.49. The quantitative estimate of drug-likeness (QED) is 0.764. The number of carbonyl (C=O) groups is 2. The van der Waals surface area contributed by atoms with Crippen LogP contribution in [-0.2, 0) is 16.0 Å². The number of carboxylic acids is 1. The number of carboxylic acid groups (broad SMARTS) is 1. The summed E-state index contributed by atoms with van der Waals surface area (Å²) in [6, 6.07) is 2.82. The zero-order chi connectivity index (χ0) is 12.0. The highest BCUT2D eigenvalue weighted by molar-refractivity contribution is 5.82. The van der Waals surface area contributed by atoms with E-state index in [1.54, 1.807) is 12.4 Å². The normalized spacial score (nSPS) is 11.8. The molecule has 5 heteroatoms. The lowest BCUT2D eigenvalue weighted by Gasteiger charge is -2.12. The van der Waals surface area contributed by atoms with Crippen LogP contribution in [0.4, 0.5) is 0 Å². The Morgan fingerprint density at radius 2 is 2.06 bits per heavy atom. The molecule has 5 nitrogen and oxygen atoms in total. The summed E-state index contributed by atoms with van der Waals surface area (Å²) < 4.78 is 0. The molecule has 0 fully saturated rings. The molecule has 1 aromatic rings. The van der Waals surface area contributed by atoms with Gasteiger partial charge >= 0.3 is 5.97 Å². The molecule has 0 spiro atoms. The molecule has 0 saturated heterocycles. The van der Waals surface area contributed by atoms with Gasteiger partial charge in [0.1, 0.15) is 6.04 Å². The van der Waals surface area contributed by atoms with Gasteiger partial charge in [-0.25, -0.2) is 4.79 Å². The van der Waals surface area contributed by atoms with Crippen LogP contribution in [0.15, 0.2) is 24.5 Å². The fourth-order valence-corrected chi connectivity index (χ4v) is 1.36. The third kappa shape index (κ3) is 4.08. The van der Waals surface area contributed by atoms with E-state index in [0.29, 0.717) is 12.8 Å². The number of aliphatic carboxylic acids is 1. The van der Waals surface area contributed by atoms with Gasteiger partial charge < -0.3 is 10.4 Å². The molecule has 1 heterocycles. The summed E-state index contributed by atoms with van der Waals surface area (Å²) in [5.74, 6) is -1.34. The number of aryl methyl sites for hydroxylation is 1. The maximum absolute atomic E-state index is 10.8. The standard InChI is InChI=1S/C11H14N2O3/c1-8(14)13-10(11(15)16)3-2-9-4-6-12-7-5-9/h4-7,10H,2-3H2,1H3,(H,13,14)(H,15,16). The van der Waals surface area contributed by atoms with Gasteiger partial charge in [-0.05, 0) is 30.5 Å². The lowest BCUT2D eigenvalue weighted by molar-refractivity contribution is -0.141. The van der Waals surface area contributed by atoms with Gasteiger partial charge in [-0.3, -0.25) is 9.78 Å². The van der Waals surface area contributed by atoms with E-state index in [4.69, 9.17) is 5.11 Å². The molecule has 0 aromatic carbocycles. The van der Waals surface area contributed by atoms with Gasteiger partial charge in [-0.1, -0.05) is 0 Å². The van der Waals surface area contributed by atoms with E-state index in [1.165, 1.54) is 6.92 Å². The molecule has 2 N–H and O–H groups in total. The molecule has 16 heavy (non-hydrogen) atoms. The molecule has 0 aliphatic rings. The van der Waals surface area contributed by atoms with E-state index in [1.807, 2.05) is 12.1 Å². The first-order chi connectivity index (χ1) is 7.59. The fourth-order valence-electron chi connectivity index (χ4n) is 1.36. The monoisotopic (exact) mass is 222 g/mol. The fraction of sp³-hybridized carbons (Fsp3) is 0.364. The average molecular weight is 222 g/mol. The lowest BCUT2D eigenvalue weighted by Crippen LogP contribution is -2.39. The van der Waals surface area contributed by atoms with Crippen molar-refractivity contribution in [3.05, 3.63) is 30.1 Å². The van der Waals surface area contributed by atoms with Crippen molar-refractivity contribution in [2.75, 3.05) is 0 Å². The Morgan fingerprint density at radius 3 is 2.56 bits per heavy atom. The Labute approximate surface area is 93.5 Å². The van der Waals surface area contributed by atoms with Crippen molar-refractivity contribution in [2.45, 2.75) is 25.8 Å². The van der Waals surface area contributed by atoms with Gasteiger partial charge in [-0.2, -0.15) is 0 Å². The maximum atomic E-state index is 10.8. The SMILES string of the molecule is CC(=O)NC(CCc1ccncc1)C(=O)O. The molecule has 0 saturated carbocycles. The van der Waals surface area contributed by atoms with Crippen molar-refractivity contribution in [1.82, 2.24) is 10.3 Å². The van der Waals surface area contributed by atoms with Gasteiger partial charge in [0, 0.05) is 19.3 Å². The second-order valence-corrected chi connectivity index (χ2v) is 3.49. The minimum absolute atomic E-state index is 0.331. The van der Waals surface area contributed by atoms with Crippen molar-refractivity contribution in [3.8, 4) is 0 Å². The number of carbonyl (C=O) groups excluding carboxylic acids is 1. The van der Waals surface area contributed by atoms with Crippen LogP contribution in [0.5, 0.6) is 0 Å². The molecule has 1 aromatic heterocycles. The Bertz CT molecular complexity index is 365. The Morgan fingerprint density at radius 1 is 1.44 bits per heavy atom. The van der Waals surface area contributed by atoms with Gasteiger partial charge in [0.15, 0.2) is 0 Å². The Kier molecular flexibility index (Phi) is 4.44. The molecule has 0 aliphatic heterocycles. The minimum atomic E-state index is -1.01. The first-order valence-electron chi connectivity index (χ1n) is 4.98. The molecule has 1 atom stereocenters. The largest absolute Gasteiger partial charge is 0.480 e. The highest BCUT2D eigenvalue weighted by Crippen LogP contribution is 2.04. The summed E-state index contributed by atoms with van der Waals surface area (Å²) in [5, 5.41) is 11.3. The molecule has 1 amide bonds.